The van der Waals surface area contributed by atoms with Crippen molar-refractivity contribution in [3.05, 3.63) is 72.3 Å². The molecule has 29 heavy (non-hydrogen) atoms. The molecule has 0 atom stereocenters. The van der Waals surface area contributed by atoms with Crippen LogP contribution in [0, 0.1) is 6.92 Å². The fourth-order valence-electron chi connectivity index (χ4n) is 3.08. The molecule has 4 aromatic heterocycles. The standard InChI is InChI=1S/C21H16N6O2/c1-3-15-9-8-14(11-22-15)12-28-21-17-7-5-4-6-16(17)19-23-24-20(27(19)25-21)18-10-13(2)29-26-18/h3-11H,1,12H2,2H3. The van der Waals surface area contributed by atoms with Gasteiger partial charge >= 0.3 is 0 Å². The van der Waals surface area contributed by atoms with Gasteiger partial charge < -0.3 is 9.26 Å². The summed E-state index contributed by atoms with van der Waals surface area (Å²) in [5.74, 6) is 1.65. The van der Waals surface area contributed by atoms with Gasteiger partial charge in [0.2, 0.25) is 11.7 Å². The zero-order valence-electron chi connectivity index (χ0n) is 15.6. The number of aryl methyl sites for hydroxylation is 1. The summed E-state index contributed by atoms with van der Waals surface area (Å²) in [5, 5.41) is 19.0. The molecule has 4 heterocycles. The SMILES string of the molecule is C=Cc1ccc(COc2nn3c(-c4cc(C)on4)nnc3c3ccccc23)cn1. The Hall–Kier alpha value is -4.07. The predicted octanol–water partition coefficient (Wildman–Crippen LogP) is 3.86. The molecule has 0 unspecified atom stereocenters. The maximum Gasteiger partial charge on any atom is 0.240 e. The summed E-state index contributed by atoms with van der Waals surface area (Å²) in [4.78, 5) is 4.31. The van der Waals surface area contributed by atoms with E-state index in [4.69, 9.17) is 9.26 Å². The zero-order valence-corrected chi connectivity index (χ0v) is 15.6. The van der Waals surface area contributed by atoms with E-state index < -0.39 is 0 Å². The summed E-state index contributed by atoms with van der Waals surface area (Å²) in [5.41, 5.74) is 2.93. The van der Waals surface area contributed by atoms with E-state index in [9.17, 15) is 0 Å². The third-order valence-corrected chi connectivity index (χ3v) is 4.52. The number of benzene rings is 1. The second kappa shape index (κ2) is 6.83. The van der Waals surface area contributed by atoms with Crippen LogP contribution in [0.2, 0.25) is 0 Å². The molecule has 0 bridgehead atoms. The summed E-state index contributed by atoms with van der Waals surface area (Å²) in [7, 11) is 0. The van der Waals surface area contributed by atoms with Crippen molar-refractivity contribution in [1.29, 1.82) is 0 Å². The fourth-order valence-corrected chi connectivity index (χ4v) is 3.08. The first kappa shape index (κ1) is 17.1. The number of fused-ring (bicyclic) bond motifs is 3. The second-order valence-electron chi connectivity index (χ2n) is 6.52. The lowest BCUT2D eigenvalue weighted by molar-refractivity contribution is 0.293. The van der Waals surface area contributed by atoms with Gasteiger partial charge in [-0.2, -0.15) is 4.52 Å². The Balaban J connectivity index is 1.59. The highest BCUT2D eigenvalue weighted by Gasteiger charge is 2.18. The molecule has 0 radical (unpaired) electrons. The Morgan fingerprint density at radius 1 is 1.14 bits per heavy atom. The highest BCUT2D eigenvalue weighted by Crippen LogP contribution is 2.29. The minimum Gasteiger partial charge on any atom is -0.471 e. The molecular weight excluding hydrogens is 368 g/mol. The third kappa shape index (κ3) is 3.00. The molecule has 0 saturated carbocycles. The monoisotopic (exact) mass is 384 g/mol. The summed E-state index contributed by atoms with van der Waals surface area (Å²) < 4.78 is 12.9. The Labute approximate surface area is 165 Å². The van der Waals surface area contributed by atoms with Crippen LogP contribution in [0.5, 0.6) is 5.88 Å². The molecule has 8 nitrogen and oxygen atoms in total. The van der Waals surface area contributed by atoms with Crippen molar-refractivity contribution >= 4 is 22.5 Å². The molecule has 0 spiro atoms. The normalized spacial score (nSPS) is 11.2. The lowest BCUT2D eigenvalue weighted by Gasteiger charge is -2.09. The van der Waals surface area contributed by atoms with Gasteiger partial charge in [-0.25, -0.2) is 0 Å². The largest absolute Gasteiger partial charge is 0.471 e. The number of ether oxygens (including phenoxy) is 1. The predicted molar refractivity (Wildman–Crippen MR) is 107 cm³/mol. The number of hydrogen-bond donors (Lipinski definition) is 0. The first-order chi connectivity index (χ1) is 14.2. The quantitative estimate of drug-likeness (QED) is 0.454. The van der Waals surface area contributed by atoms with Crippen LogP contribution in [-0.4, -0.2) is 30.0 Å². The molecule has 0 N–H and O–H groups in total. The smallest absolute Gasteiger partial charge is 0.240 e. The van der Waals surface area contributed by atoms with Gasteiger partial charge in [-0.15, -0.1) is 15.3 Å². The lowest BCUT2D eigenvalue weighted by Crippen LogP contribution is -2.03. The fraction of sp³-hybridized carbons (Fsp3) is 0.0952. The molecule has 8 heteroatoms. The molecule has 1 aromatic carbocycles. The van der Waals surface area contributed by atoms with Crippen LogP contribution in [0.1, 0.15) is 17.0 Å². The van der Waals surface area contributed by atoms with Gasteiger partial charge in [-0.1, -0.05) is 36.0 Å². The van der Waals surface area contributed by atoms with Crippen LogP contribution in [0.4, 0.5) is 0 Å². The van der Waals surface area contributed by atoms with E-state index in [0.29, 0.717) is 35.4 Å². The highest BCUT2D eigenvalue weighted by atomic mass is 16.5. The maximum absolute atomic E-state index is 6.06. The van der Waals surface area contributed by atoms with Gasteiger partial charge in [0.25, 0.3) is 0 Å². The van der Waals surface area contributed by atoms with Crippen LogP contribution in [0.25, 0.3) is 34.0 Å². The third-order valence-electron chi connectivity index (χ3n) is 4.52. The van der Waals surface area contributed by atoms with Crippen molar-refractivity contribution in [3.63, 3.8) is 0 Å². The van der Waals surface area contributed by atoms with E-state index in [1.165, 1.54) is 0 Å². The molecule has 5 rings (SSSR count). The molecule has 0 aliphatic carbocycles. The molecule has 0 fully saturated rings. The summed E-state index contributed by atoms with van der Waals surface area (Å²) in [6.45, 7) is 5.87. The number of hydrogen-bond acceptors (Lipinski definition) is 7. The van der Waals surface area contributed by atoms with Crippen molar-refractivity contribution in [1.82, 2.24) is 30.0 Å². The Morgan fingerprint density at radius 3 is 2.72 bits per heavy atom. The van der Waals surface area contributed by atoms with E-state index in [1.807, 2.05) is 43.3 Å². The van der Waals surface area contributed by atoms with E-state index in [1.54, 1.807) is 22.9 Å². The van der Waals surface area contributed by atoms with Crippen molar-refractivity contribution in [2.45, 2.75) is 13.5 Å². The maximum atomic E-state index is 6.06. The van der Waals surface area contributed by atoms with E-state index in [0.717, 1.165) is 22.0 Å². The topological polar surface area (TPSA) is 91.2 Å². The Bertz CT molecular complexity index is 1340. The summed E-state index contributed by atoms with van der Waals surface area (Å²) in [6, 6.07) is 13.4. The molecular formula is C21H16N6O2. The van der Waals surface area contributed by atoms with Gasteiger partial charge in [0.05, 0.1) is 5.69 Å². The van der Waals surface area contributed by atoms with Crippen LogP contribution in [-0.2, 0) is 6.61 Å². The number of aromatic nitrogens is 6. The first-order valence-corrected chi connectivity index (χ1v) is 9.01. The van der Waals surface area contributed by atoms with Crippen LogP contribution >= 0.6 is 0 Å². The molecule has 5 aromatic rings. The van der Waals surface area contributed by atoms with Gasteiger partial charge in [-0.3, -0.25) is 4.98 Å². The molecule has 0 aliphatic rings. The minimum atomic E-state index is 0.327. The van der Waals surface area contributed by atoms with Crippen molar-refractivity contribution in [2.75, 3.05) is 0 Å². The molecule has 0 aliphatic heterocycles. The van der Waals surface area contributed by atoms with E-state index in [2.05, 4.69) is 32.0 Å². The lowest BCUT2D eigenvalue weighted by atomic mass is 10.2. The zero-order chi connectivity index (χ0) is 19.8. The summed E-state index contributed by atoms with van der Waals surface area (Å²) >= 11 is 0. The molecule has 142 valence electrons. The van der Waals surface area contributed by atoms with Gasteiger partial charge in [0.1, 0.15) is 12.4 Å². The average molecular weight is 384 g/mol. The number of rotatable bonds is 5. The van der Waals surface area contributed by atoms with Crippen LogP contribution in [0.3, 0.4) is 0 Å². The summed E-state index contributed by atoms with van der Waals surface area (Å²) in [6.07, 6.45) is 3.47. The van der Waals surface area contributed by atoms with Gasteiger partial charge in [0.15, 0.2) is 11.3 Å². The number of nitrogens with zero attached hydrogens (tertiary/aromatic N) is 6. The van der Waals surface area contributed by atoms with Crippen molar-refractivity contribution in [2.24, 2.45) is 0 Å². The Morgan fingerprint density at radius 2 is 2.00 bits per heavy atom. The Kier molecular flexibility index (Phi) is 4.02. The molecule has 0 saturated heterocycles. The first-order valence-electron chi connectivity index (χ1n) is 9.01. The minimum absolute atomic E-state index is 0.327. The second-order valence-corrected chi connectivity index (χ2v) is 6.52. The van der Waals surface area contributed by atoms with Gasteiger partial charge in [-0.05, 0) is 25.1 Å². The average Bonchev–Trinajstić information content (AvgIpc) is 3.38. The number of pyridine rings is 1. The van der Waals surface area contributed by atoms with E-state index in [-0.39, 0.29) is 0 Å². The van der Waals surface area contributed by atoms with Gasteiger partial charge in [0, 0.05) is 28.6 Å². The van der Waals surface area contributed by atoms with Crippen LogP contribution in [0.15, 0.2) is 59.8 Å². The van der Waals surface area contributed by atoms with Crippen molar-refractivity contribution < 1.29 is 9.26 Å². The van der Waals surface area contributed by atoms with E-state index >= 15 is 0 Å². The highest BCUT2D eigenvalue weighted by molar-refractivity contribution is 5.96. The van der Waals surface area contributed by atoms with Crippen LogP contribution < -0.4 is 4.74 Å². The molecule has 0 amide bonds. The van der Waals surface area contributed by atoms with Crippen molar-refractivity contribution in [3.8, 4) is 17.4 Å².